The van der Waals surface area contributed by atoms with E-state index in [4.69, 9.17) is 11.6 Å². The zero-order valence-electron chi connectivity index (χ0n) is 9.87. The second-order valence-electron chi connectivity index (χ2n) is 4.54. The van der Waals surface area contributed by atoms with Crippen LogP contribution in [0.2, 0.25) is 5.02 Å². The van der Waals surface area contributed by atoms with Crippen LogP contribution in [-0.2, 0) is 11.3 Å². The molecule has 4 heteroatoms. The van der Waals surface area contributed by atoms with Crippen LogP contribution in [-0.4, -0.2) is 18.5 Å². The fraction of sp³-hybridized carbons (Fsp3) is 0.462. The maximum atomic E-state index is 11.9. The van der Waals surface area contributed by atoms with Crippen LogP contribution in [0.3, 0.4) is 0 Å². The van der Waals surface area contributed by atoms with Gasteiger partial charge in [0.15, 0.2) is 0 Å². The monoisotopic (exact) mass is 252 g/mol. The number of benzene rings is 1. The predicted molar refractivity (Wildman–Crippen MR) is 68.9 cm³/mol. The van der Waals surface area contributed by atoms with Crippen molar-refractivity contribution < 1.29 is 4.79 Å². The van der Waals surface area contributed by atoms with Crippen LogP contribution in [0.25, 0.3) is 0 Å². The lowest BCUT2D eigenvalue weighted by molar-refractivity contribution is -0.123. The van der Waals surface area contributed by atoms with E-state index in [0.717, 1.165) is 18.5 Å². The molecule has 0 saturated carbocycles. The number of rotatable bonds is 3. The molecule has 0 spiro atoms. The number of hydrogen-bond acceptors (Lipinski definition) is 2. The molecule has 1 amide bonds. The molecule has 1 aliphatic rings. The van der Waals surface area contributed by atoms with Gasteiger partial charge in [0.2, 0.25) is 5.91 Å². The molecule has 17 heavy (non-hydrogen) atoms. The molecule has 1 fully saturated rings. The summed E-state index contributed by atoms with van der Waals surface area (Å²) >= 11 is 5.80. The van der Waals surface area contributed by atoms with E-state index in [9.17, 15) is 4.79 Å². The Morgan fingerprint density at radius 3 is 2.76 bits per heavy atom. The highest BCUT2D eigenvalue weighted by molar-refractivity contribution is 6.30. The summed E-state index contributed by atoms with van der Waals surface area (Å²) in [6.45, 7) is 3.59. The van der Waals surface area contributed by atoms with E-state index >= 15 is 0 Å². The van der Waals surface area contributed by atoms with Crippen molar-refractivity contribution in [2.75, 3.05) is 6.54 Å². The number of carbonyl (C=O) groups is 1. The van der Waals surface area contributed by atoms with Crippen LogP contribution >= 0.6 is 11.6 Å². The summed E-state index contributed by atoms with van der Waals surface area (Å²) in [6.07, 6.45) is 1.07. The minimum Gasteiger partial charge on any atom is -0.351 e. The van der Waals surface area contributed by atoms with Crippen LogP contribution in [0.5, 0.6) is 0 Å². The minimum atomic E-state index is -0.0395. The Kier molecular flexibility index (Phi) is 4.02. The third-order valence-corrected chi connectivity index (χ3v) is 3.45. The first-order chi connectivity index (χ1) is 8.16. The highest BCUT2D eigenvalue weighted by atomic mass is 35.5. The van der Waals surface area contributed by atoms with E-state index in [1.807, 2.05) is 24.3 Å². The largest absolute Gasteiger partial charge is 0.351 e. The molecular weight excluding hydrogens is 236 g/mol. The summed E-state index contributed by atoms with van der Waals surface area (Å²) in [5.74, 6) is 0.505. The average molecular weight is 253 g/mol. The molecule has 2 unspecified atom stereocenters. The highest BCUT2D eigenvalue weighted by Crippen LogP contribution is 2.14. The van der Waals surface area contributed by atoms with Gasteiger partial charge in [0.25, 0.3) is 0 Å². The quantitative estimate of drug-likeness (QED) is 0.864. The van der Waals surface area contributed by atoms with Gasteiger partial charge in [0.1, 0.15) is 0 Å². The highest BCUT2D eigenvalue weighted by Gasteiger charge is 2.28. The topological polar surface area (TPSA) is 41.1 Å². The van der Waals surface area contributed by atoms with Crippen LogP contribution in [0.1, 0.15) is 18.9 Å². The molecule has 1 aliphatic heterocycles. The van der Waals surface area contributed by atoms with Gasteiger partial charge in [0, 0.05) is 11.6 Å². The van der Waals surface area contributed by atoms with Crippen molar-refractivity contribution in [3.8, 4) is 0 Å². The summed E-state index contributed by atoms with van der Waals surface area (Å²) < 4.78 is 0. The summed E-state index contributed by atoms with van der Waals surface area (Å²) in [4.78, 5) is 11.9. The van der Waals surface area contributed by atoms with Crippen molar-refractivity contribution >= 4 is 17.5 Å². The lowest BCUT2D eigenvalue weighted by Crippen LogP contribution is -2.42. The molecule has 0 aliphatic carbocycles. The van der Waals surface area contributed by atoms with Crippen LogP contribution in [0, 0.1) is 5.92 Å². The van der Waals surface area contributed by atoms with Gasteiger partial charge in [-0.3, -0.25) is 4.79 Å². The Hall–Kier alpha value is -1.06. The standard InChI is InChI=1S/C13H17ClN2O/c1-9-6-7-15-12(9)13(17)16-8-10-2-4-11(14)5-3-10/h2-5,9,12,15H,6-8H2,1H3,(H,16,17). The van der Waals surface area contributed by atoms with Crippen LogP contribution in [0.15, 0.2) is 24.3 Å². The summed E-state index contributed by atoms with van der Waals surface area (Å²) in [5, 5.41) is 6.88. The zero-order chi connectivity index (χ0) is 12.3. The number of amides is 1. The molecule has 2 rings (SSSR count). The Bertz CT molecular complexity index is 391. The second-order valence-corrected chi connectivity index (χ2v) is 4.98. The van der Waals surface area contributed by atoms with Gasteiger partial charge in [-0.25, -0.2) is 0 Å². The second kappa shape index (κ2) is 5.52. The predicted octanol–water partition coefficient (Wildman–Crippen LogP) is 1.95. The van der Waals surface area contributed by atoms with E-state index < -0.39 is 0 Å². The first-order valence-electron chi connectivity index (χ1n) is 5.92. The molecule has 2 N–H and O–H groups in total. The fourth-order valence-electron chi connectivity index (χ4n) is 2.09. The van der Waals surface area contributed by atoms with Gasteiger partial charge in [-0.05, 0) is 36.6 Å². The van der Waals surface area contributed by atoms with E-state index in [1.54, 1.807) is 0 Å². The van der Waals surface area contributed by atoms with Crippen molar-refractivity contribution in [2.24, 2.45) is 5.92 Å². The Labute approximate surface area is 107 Å². The van der Waals surface area contributed by atoms with Crippen molar-refractivity contribution in [3.63, 3.8) is 0 Å². The van der Waals surface area contributed by atoms with Gasteiger partial charge >= 0.3 is 0 Å². The lowest BCUT2D eigenvalue weighted by Gasteiger charge is -2.15. The molecule has 0 radical (unpaired) electrons. The number of nitrogens with one attached hydrogen (secondary N) is 2. The first kappa shape index (κ1) is 12.4. The van der Waals surface area contributed by atoms with Gasteiger partial charge in [-0.2, -0.15) is 0 Å². The van der Waals surface area contributed by atoms with Gasteiger partial charge < -0.3 is 10.6 Å². The maximum absolute atomic E-state index is 11.9. The zero-order valence-corrected chi connectivity index (χ0v) is 10.6. The van der Waals surface area contributed by atoms with Crippen LogP contribution < -0.4 is 10.6 Å². The number of carbonyl (C=O) groups excluding carboxylic acids is 1. The average Bonchev–Trinajstić information content (AvgIpc) is 2.74. The SMILES string of the molecule is CC1CCNC1C(=O)NCc1ccc(Cl)cc1. The van der Waals surface area contributed by atoms with Crippen LogP contribution in [0.4, 0.5) is 0 Å². The summed E-state index contributed by atoms with van der Waals surface area (Å²) in [7, 11) is 0. The lowest BCUT2D eigenvalue weighted by atomic mass is 10.0. The Morgan fingerprint density at radius 2 is 2.18 bits per heavy atom. The van der Waals surface area contributed by atoms with Crippen molar-refractivity contribution in [2.45, 2.75) is 25.9 Å². The third kappa shape index (κ3) is 3.20. The summed E-state index contributed by atoms with van der Waals surface area (Å²) in [5.41, 5.74) is 1.06. The third-order valence-electron chi connectivity index (χ3n) is 3.20. The van der Waals surface area contributed by atoms with E-state index in [-0.39, 0.29) is 11.9 Å². The molecule has 3 nitrogen and oxygen atoms in total. The summed E-state index contributed by atoms with van der Waals surface area (Å²) in [6, 6.07) is 7.48. The van der Waals surface area contributed by atoms with Gasteiger partial charge in [0.05, 0.1) is 6.04 Å². The minimum absolute atomic E-state index is 0.0395. The molecule has 92 valence electrons. The van der Waals surface area contributed by atoms with E-state index in [1.165, 1.54) is 0 Å². The molecule has 2 atom stereocenters. The molecule has 1 saturated heterocycles. The van der Waals surface area contributed by atoms with E-state index in [2.05, 4.69) is 17.6 Å². The fourth-order valence-corrected chi connectivity index (χ4v) is 2.21. The van der Waals surface area contributed by atoms with Crippen molar-refractivity contribution in [1.29, 1.82) is 0 Å². The molecule has 1 heterocycles. The van der Waals surface area contributed by atoms with Gasteiger partial charge in [-0.1, -0.05) is 30.7 Å². The molecule has 1 aromatic carbocycles. The van der Waals surface area contributed by atoms with E-state index in [0.29, 0.717) is 17.5 Å². The molecule has 0 aromatic heterocycles. The smallest absolute Gasteiger partial charge is 0.237 e. The number of hydrogen-bond donors (Lipinski definition) is 2. The number of halogens is 1. The molecule has 1 aromatic rings. The maximum Gasteiger partial charge on any atom is 0.237 e. The molecule has 0 bridgehead atoms. The van der Waals surface area contributed by atoms with Crippen molar-refractivity contribution in [3.05, 3.63) is 34.9 Å². The Balaban J connectivity index is 1.85. The molecular formula is C13H17ClN2O. The first-order valence-corrected chi connectivity index (χ1v) is 6.30. The van der Waals surface area contributed by atoms with Crippen molar-refractivity contribution in [1.82, 2.24) is 10.6 Å². The Morgan fingerprint density at radius 1 is 1.47 bits per heavy atom. The van der Waals surface area contributed by atoms with Gasteiger partial charge in [-0.15, -0.1) is 0 Å². The normalized spacial score (nSPS) is 23.6.